The molecule has 3 aromatic carbocycles. The summed E-state index contributed by atoms with van der Waals surface area (Å²) >= 11 is 0. The number of aliphatic hydroxyl groups excluding tert-OH is 1. The first-order chi connectivity index (χ1) is 14.4. The molecule has 30 heavy (non-hydrogen) atoms. The Balaban J connectivity index is 1.56. The number of amides is 2. The number of hydrogen-bond acceptors (Lipinski definition) is 5. The van der Waals surface area contributed by atoms with E-state index < -0.39 is 34.3 Å². The molecule has 9 heteroatoms. The maximum atomic E-state index is 13.3. The van der Waals surface area contributed by atoms with Gasteiger partial charge in [0.1, 0.15) is 0 Å². The highest BCUT2D eigenvalue weighted by Crippen LogP contribution is 2.26. The summed E-state index contributed by atoms with van der Waals surface area (Å²) in [7, 11) is 0. The molecule has 0 radical (unpaired) electrons. The number of benzene rings is 3. The number of nitrogens with zero attached hydrogens (tertiary/aromatic N) is 1. The third-order valence-corrected chi connectivity index (χ3v) is 4.49. The maximum absolute atomic E-state index is 13.3. The Morgan fingerprint density at radius 2 is 1.80 bits per heavy atom. The summed E-state index contributed by atoms with van der Waals surface area (Å²) in [6.45, 7) is 0.0280. The first-order valence-electron chi connectivity index (χ1n) is 9.05. The summed E-state index contributed by atoms with van der Waals surface area (Å²) in [6, 6.07) is 15.9. The third-order valence-electron chi connectivity index (χ3n) is 4.49. The number of nitrogens with one attached hydrogen (secondary N) is 2. The molecule has 0 saturated carbocycles. The number of carbonyl (C=O) groups is 2. The lowest BCUT2D eigenvalue weighted by atomic mass is 9.99. The van der Waals surface area contributed by atoms with Crippen LogP contribution in [0.3, 0.4) is 0 Å². The maximum Gasteiger partial charge on any atom is 0.313 e. The molecule has 0 saturated heterocycles. The predicted octanol–water partition coefficient (Wildman–Crippen LogP) is 3.07. The second-order valence-electron chi connectivity index (χ2n) is 6.51. The van der Waals surface area contributed by atoms with Crippen LogP contribution in [0.4, 0.5) is 15.8 Å². The number of halogens is 1. The van der Waals surface area contributed by atoms with Gasteiger partial charge >= 0.3 is 17.5 Å². The fraction of sp³-hybridized carbons (Fsp3) is 0.143. The number of carbonyl (C=O) groups excluding carboxylic acids is 2. The van der Waals surface area contributed by atoms with Crippen LogP contribution in [0.15, 0.2) is 60.7 Å². The molecule has 154 valence electrons. The van der Waals surface area contributed by atoms with E-state index >= 15 is 0 Å². The Labute approximate surface area is 170 Å². The molecule has 3 N–H and O–H groups in total. The second-order valence-corrected chi connectivity index (χ2v) is 6.51. The highest BCUT2D eigenvalue weighted by atomic mass is 19.1. The number of anilines is 1. The van der Waals surface area contributed by atoms with Crippen LogP contribution in [0.25, 0.3) is 10.8 Å². The molecule has 0 aliphatic rings. The highest BCUT2D eigenvalue weighted by Gasteiger charge is 2.19. The van der Waals surface area contributed by atoms with E-state index in [2.05, 4.69) is 10.6 Å². The topological polar surface area (TPSA) is 122 Å². The van der Waals surface area contributed by atoms with E-state index in [9.17, 15) is 29.2 Å². The quantitative estimate of drug-likeness (QED) is 0.327. The van der Waals surface area contributed by atoms with E-state index in [1.54, 1.807) is 6.07 Å². The molecule has 3 aromatic rings. The van der Waals surface area contributed by atoms with Crippen LogP contribution in [-0.2, 0) is 9.59 Å². The van der Waals surface area contributed by atoms with E-state index in [0.29, 0.717) is 5.56 Å². The minimum absolute atomic E-state index is 0.0280. The van der Waals surface area contributed by atoms with Gasteiger partial charge in [-0.2, -0.15) is 4.39 Å². The summed E-state index contributed by atoms with van der Waals surface area (Å²) in [5.41, 5.74) is -0.184. The minimum Gasteiger partial charge on any atom is -0.388 e. The summed E-state index contributed by atoms with van der Waals surface area (Å²) in [4.78, 5) is 33.7. The van der Waals surface area contributed by atoms with Crippen molar-refractivity contribution in [2.24, 2.45) is 0 Å². The van der Waals surface area contributed by atoms with E-state index in [-0.39, 0.29) is 18.7 Å². The molecule has 0 fully saturated rings. The molecule has 2 amide bonds. The molecule has 0 aliphatic carbocycles. The van der Waals surface area contributed by atoms with Gasteiger partial charge in [0.05, 0.1) is 11.0 Å². The zero-order chi connectivity index (χ0) is 21.7. The summed E-state index contributed by atoms with van der Waals surface area (Å²) in [6.07, 6.45) is -0.672. The van der Waals surface area contributed by atoms with Gasteiger partial charge in [-0.25, -0.2) is 0 Å². The van der Waals surface area contributed by atoms with Crippen molar-refractivity contribution < 1.29 is 24.0 Å². The van der Waals surface area contributed by atoms with Gasteiger partial charge in [-0.05, 0) is 34.9 Å². The minimum atomic E-state index is -1.06. The smallest absolute Gasteiger partial charge is 0.313 e. The van der Waals surface area contributed by atoms with E-state index in [1.807, 2.05) is 36.4 Å². The summed E-state index contributed by atoms with van der Waals surface area (Å²) < 4.78 is 13.3. The first-order valence-corrected chi connectivity index (χ1v) is 9.05. The van der Waals surface area contributed by atoms with Crippen molar-refractivity contribution in [3.8, 4) is 0 Å². The van der Waals surface area contributed by atoms with Crippen LogP contribution in [0.1, 0.15) is 18.1 Å². The Morgan fingerprint density at radius 3 is 2.57 bits per heavy atom. The molecule has 0 bridgehead atoms. The van der Waals surface area contributed by atoms with Crippen molar-refractivity contribution in [3.63, 3.8) is 0 Å². The van der Waals surface area contributed by atoms with E-state index in [4.69, 9.17) is 0 Å². The van der Waals surface area contributed by atoms with Crippen LogP contribution in [0, 0.1) is 15.9 Å². The predicted molar refractivity (Wildman–Crippen MR) is 108 cm³/mol. The van der Waals surface area contributed by atoms with Gasteiger partial charge in [0.2, 0.25) is 5.82 Å². The number of hydrogen-bond donors (Lipinski definition) is 3. The van der Waals surface area contributed by atoms with E-state index in [1.165, 1.54) is 0 Å². The van der Waals surface area contributed by atoms with Crippen LogP contribution in [-0.4, -0.2) is 28.4 Å². The monoisotopic (exact) mass is 411 g/mol. The number of aliphatic hydroxyl groups is 1. The van der Waals surface area contributed by atoms with Gasteiger partial charge in [0.25, 0.3) is 0 Å². The van der Waals surface area contributed by atoms with Crippen molar-refractivity contribution in [1.29, 1.82) is 0 Å². The van der Waals surface area contributed by atoms with Crippen molar-refractivity contribution in [2.75, 3.05) is 11.9 Å². The standard InChI is InChI=1S/C21H18FN3O5/c22-17-9-8-14(12-18(17)25(29)30)24-21(28)20(27)23-11-10-19(26)16-7-3-5-13-4-1-2-6-15(13)16/h1-9,12,19,26H,10-11H2,(H,23,27)(H,24,28). The summed E-state index contributed by atoms with van der Waals surface area (Å²) in [5.74, 6) is -3.09. The lowest BCUT2D eigenvalue weighted by Crippen LogP contribution is -2.36. The number of nitro groups is 1. The molecule has 8 nitrogen and oxygen atoms in total. The molecule has 3 rings (SSSR count). The largest absolute Gasteiger partial charge is 0.388 e. The zero-order valence-corrected chi connectivity index (χ0v) is 15.7. The number of rotatable bonds is 6. The molecular weight excluding hydrogens is 393 g/mol. The van der Waals surface area contributed by atoms with Gasteiger partial charge in [-0.15, -0.1) is 0 Å². The SMILES string of the molecule is O=C(NCCC(O)c1cccc2ccccc12)C(=O)Nc1ccc(F)c([N+](=O)[O-])c1. The first kappa shape index (κ1) is 20.9. The average Bonchev–Trinajstić information content (AvgIpc) is 2.74. The number of nitro benzene ring substituents is 1. The average molecular weight is 411 g/mol. The second kappa shape index (κ2) is 9.10. The normalized spacial score (nSPS) is 11.7. The Bertz CT molecular complexity index is 1110. The fourth-order valence-corrected chi connectivity index (χ4v) is 3.02. The number of fused-ring (bicyclic) bond motifs is 1. The fourth-order valence-electron chi connectivity index (χ4n) is 3.02. The Kier molecular flexibility index (Phi) is 6.33. The van der Waals surface area contributed by atoms with Crippen molar-refractivity contribution in [2.45, 2.75) is 12.5 Å². The molecule has 1 atom stereocenters. The van der Waals surface area contributed by atoms with Crippen molar-refractivity contribution in [3.05, 3.63) is 82.2 Å². The molecular formula is C21H18FN3O5. The lowest BCUT2D eigenvalue weighted by Gasteiger charge is -2.14. The van der Waals surface area contributed by atoms with Crippen LogP contribution < -0.4 is 10.6 Å². The van der Waals surface area contributed by atoms with Crippen molar-refractivity contribution in [1.82, 2.24) is 5.32 Å². The summed E-state index contributed by atoms with van der Waals surface area (Å²) in [5, 5.41) is 27.6. The van der Waals surface area contributed by atoms with Gasteiger partial charge in [0, 0.05) is 18.3 Å². The Morgan fingerprint density at radius 1 is 1.07 bits per heavy atom. The third kappa shape index (κ3) is 4.76. The molecule has 0 aliphatic heterocycles. The molecule has 0 spiro atoms. The van der Waals surface area contributed by atoms with Crippen LogP contribution in [0.2, 0.25) is 0 Å². The van der Waals surface area contributed by atoms with Gasteiger partial charge in [-0.3, -0.25) is 19.7 Å². The highest BCUT2D eigenvalue weighted by molar-refractivity contribution is 6.39. The zero-order valence-electron chi connectivity index (χ0n) is 15.7. The molecule has 1 unspecified atom stereocenters. The van der Waals surface area contributed by atoms with Gasteiger partial charge < -0.3 is 15.7 Å². The molecule has 0 aromatic heterocycles. The van der Waals surface area contributed by atoms with Gasteiger partial charge in [0.15, 0.2) is 0 Å². The Hall–Kier alpha value is -3.85. The molecule has 0 heterocycles. The van der Waals surface area contributed by atoms with E-state index in [0.717, 1.165) is 29.0 Å². The van der Waals surface area contributed by atoms with Crippen molar-refractivity contribution >= 4 is 34.0 Å². The lowest BCUT2D eigenvalue weighted by molar-refractivity contribution is -0.387. The van der Waals surface area contributed by atoms with Crippen LogP contribution in [0.5, 0.6) is 0 Å². The van der Waals surface area contributed by atoms with Gasteiger partial charge in [-0.1, -0.05) is 42.5 Å². The van der Waals surface area contributed by atoms with Crippen LogP contribution >= 0.6 is 0 Å².